The van der Waals surface area contributed by atoms with Gasteiger partial charge in [-0.2, -0.15) is 0 Å². The zero-order valence-corrected chi connectivity index (χ0v) is 10.8. The number of cyclic esters (lactones) is 1. The van der Waals surface area contributed by atoms with Crippen molar-refractivity contribution in [2.24, 2.45) is 0 Å². The normalized spacial score (nSPS) is 18.1. The predicted molar refractivity (Wildman–Crippen MR) is 78.3 cm³/mol. The lowest BCUT2D eigenvalue weighted by Crippen LogP contribution is -2.27. The second-order valence-corrected chi connectivity index (χ2v) is 4.69. The Bertz CT molecular complexity index is 643. The molecule has 1 amide bonds. The van der Waals surface area contributed by atoms with Gasteiger partial charge in [-0.05, 0) is 23.8 Å². The van der Waals surface area contributed by atoms with Crippen LogP contribution in [0, 0.1) is 0 Å². The minimum Gasteiger partial charge on any atom is -0.447 e. The molecule has 1 fully saturated rings. The first kappa shape index (κ1) is 12.3. The summed E-state index contributed by atoms with van der Waals surface area (Å²) in [6, 6.07) is 14.8. The minimum absolute atomic E-state index is 0.147. The third-order valence-corrected chi connectivity index (χ3v) is 3.41. The first-order valence-corrected chi connectivity index (χ1v) is 6.33. The first-order chi connectivity index (χ1) is 9.66. The van der Waals surface area contributed by atoms with Crippen LogP contribution in [0.4, 0.5) is 21.9 Å². The number of ether oxygens (including phenoxy) is 1. The number of carbonyl (C=O) groups excluding carboxylic acids is 1. The Hall–Kier alpha value is -2.69. The summed E-state index contributed by atoms with van der Waals surface area (Å²) in [5.74, 6) is 0. The average Bonchev–Trinajstić information content (AvgIpc) is 2.85. The summed E-state index contributed by atoms with van der Waals surface area (Å²) in [7, 11) is 0. The third kappa shape index (κ3) is 2.03. The topological polar surface area (TPSA) is 81.6 Å². The van der Waals surface area contributed by atoms with Crippen LogP contribution in [0.5, 0.6) is 0 Å². The summed E-state index contributed by atoms with van der Waals surface area (Å²) in [5, 5.41) is 0. The maximum absolute atomic E-state index is 12.0. The number of nitrogen functional groups attached to an aromatic ring is 2. The van der Waals surface area contributed by atoms with Crippen molar-refractivity contribution >= 4 is 23.2 Å². The fourth-order valence-electron chi connectivity index (χ4n) is 2.34. The van der Waals surface area contributed by atoms with Crippen molar-refractivity contribution in [3.05, 3.63) is 54.1 Å². The molecule has 5 heteroatoms. The van der Waals surface area contributed by atoms with Crippen molar-refractivity contribution in [2.75, 3.05) is 23.0 Å². The summed E-state index contributed by atoms with van der Waals surface area (Å²) < 4.78 is 5.17. The fourth-order valence-corrected chi connectivity index (χ4v) is 2.34. The number of nitrogens with two attached hydrogens (primary N) is 2. The first-order valence-electron chi connectivity index (χ1n) is 6.33. The molecule has 1 atom stereocenters. The third-order valence-electron chi connectivity index (χ3n) is 3.41. The van der Waals surface area contributed by atoms with Crippen molar-refractivity contribution in [3.63, 3.8) is 0 Å². The van der Waals surface area contributed by atoms with Crippen LogP contribution in [-0.2, 0) is 4.74 Å². The van der Waals surface area contributed by atoms with Gasteiger partial charge < -0.3 is 16.2 Å². The van der Waals surface area contributed by atoms with E-state index in [9.17, 15) is 4.79 Å². The van der Waals surface area contributed by atoms with E-state index in [1.54, 1.807) is 23.1 Å². The molecule has 1 aliphatic rings. The summed E-state index contributed by atoms with van der Waals surface area (Å²) in [6.45, 7) is 0.327. The van der Waals surface area contributed by atoms with Gasteiger partial charge >= 0.3 is 6.09 Å². The van der Waals surface area contributed by atoms with E-state index in [2.05, 4.69) is 0 Å². The van der Waals surface area contributed by atoms with Crippen LogP contribution in [0.15, 0.2) is 48.5 Å². The van der Waals surface area contributed by atoms with Crippen LogP contribution < -0.4 is 16.4 Å². The van der Waals surface area contributed by atoms with Gasteiger partial charge in [0.2, 0.25) is 0 Å². The highest BCUT2D eigenvalue weighted by molar-refractivity contribution is 5.92. The van der Waals surface area contributed by atoms with Crippen LogP contribution in [0.25, 0.3) is 0 Å². The molecule has 1 saturated heterocycles. The van der Waals surface area contributed by atoms with Crippen molar-refractivity contribution in [1.82, 2.24) is 0 Å². The van der Waals surface area contributed by atoms with Gasteiger partial charge in [0.25, 0.3) is 0 Å². The summed E-state index contributed by atoms with van der Waals surface area (Å²) in [4.78, 5) is 13.6. The molecule has 1 unspecified atom stereocenters. The lowest BCUT2D eigenvalue weighted by Gasteiger charge is -2.22. The van der Waals surface area contributed by atoms with Gasteiger partial charge in [0, 0.05) is 0 Å². The zero-order valence-electron chi connectivity index (χ0n) is 10.8. The van der Waals surface area contributed by atoms with Crippen LogP contribution in [0.3, 0.4) is 0 Å². The number of hydrogen-bond acceptors (Lipinski definition) is 4. The summed E-state index contributed by atoms with van der Waals surface area (Å²) in [5.41, 5.74) is 14.2. The highest BCUT2D eigenvalue weighted by Crippen LogP contribution is 2.34. The highest BCUT2D eigenvalue weighted by atomic mass is 16.6. The average molecular weight is 269 g/mol. The Morgan fingerprint density at radius 1 is 1.05 bits per heavy atom. The summed E-state index contributed by atoms with van der Waals surface area (Å²) in [6.07, 6.45) is -0.372. The van der Waals surface area contributed by atoms with Gasteiger partial charge in [-0.25, -0.2) is 4.79 Å². The lowest BCUT2D eigenvalue weighted by molar-refractivity contribution is 0.179. The quantitative estimate of drug-likeness (QED) is 0.821. The number of carbonyl (C=O) groups is 1. The van der Waals surface area contributed by atoms with E-state index in [0.717, 1.165) is 5.56 Å². The molecule has 2 aromatic rings. The van der Waals surface area contributed by atoms with Gasteiger partial charge in [0.15, 0.2) is 0 Å². The van der Waals surface area contributed by atoms with E-state index >= 15 is 0 Å². The Kier molecular flexibility index (Phi) is 2.95. The molecule has 0 bridgehead atoms. The van der Waals surface area contributed by atoms with E-state index < -0.39 is 0 Å². The molecule has 0 spiro atoms. The molecule has 102 valence electrons. The van der Waals surface area contributed by atoms with Crippen molar-refractivity contribution < 1.29 is 9.53 Å². The Balaban J connectivity index is 2.00. The fraction of sp³-hybridized carbons (Fsp3) is 0.133. The molecule has 5 nitrogen and oxygen atoms in total. The molecule has 2 aromatic carbocycles. The van der Waals surface area contributed by atoms with Crippen LogP contribution in [0.2, 0.25) is 0 Å². The number of benzene rings is 2. The van der Waals surface area contributed by atoms with Gasteiger partial charge in [-0.3, -0.25) is 4.90 Å². The maximum Gasteiger partial charge on any atom is 0.415 e. The number of amides is 1. The SMILES string of the molecule is Nc1ccc(N2C(=O)OCC2c2ccccc2)cc1N. The van der Waals surface area contributed by atoms with Crippen molar-refractivity contribution in [2.45, 2.75) is 6.04 Å². The Labute approximate surface area is 116 Å². The maximum atomic E-state index is 12.0. The largest absolute Gasteiger partial charge is 0.447 e. The summed E-state index contributed by atoms with van der Waals surface area (Å²) >= 11 is 0. The molecular weight excluding hydrogens is 254 g/mol. The molecule has 20 heavy (non-hydrogen) atoms. The van der Waals surface area contributed by atoms with E-state index in [-0.39, 0.29) is 12.1 Å². The van der Waals surface area contributed by atoms with Gasteiger partial charge in [-0.1, -0.05) is 30.3 Å². The molecule has 0 aliphatic carbocycles. The van der Waals surface area contributed by atoms with Crippen LogP contribution in [0.1, 0.15) is 11.6 Å². The molecule has 4 N–H and O–H groups in total. The van der Waals surface area contributed by atoms with E-state index in [4.69, 9.17) is 16.2 Å². The zero-order chi connectivity index (χ0) is 14.1. The molecule has 0 aromatic heterocycles. The number of nitrogens with zero attached hydrogens (tertiary/aromatic N) is 1. The smallest absolute Gasteiger partial charge is 0.415 e. The second-order valence-electron chi connectivity index (χ2n) is 4.69. The Morgan fingerprint density at radius 2 is 1.80 bits per heavy atom. The van der Waals surface area contributed by atoms with Crippen molar-refractivity contribution in [1.29, 1.82) is 0 Å². The second kappa shape index (κ2) is 4.77. The molecule has 3 rings (SSSR count). The van der Waals surface area contributed by atoms with Gasteiger partial charge in [-0.15, -0.1) is 0 Å². The van der Waals surface area contributed by atoms with E-state index in [1.165, 1.54) is 0 Å². The standard InChI is InChI=1S/C15H15N3O2/c16-12-7-6-11(8-13(12)17)18-14(9-20-15(18)19)10-4-2-1-3-5-10/h1-8,14H,9,16-17H2. The lowest BCUT2D eigenvalue weighted by atomic mass is 10.1. The number of anilines is 3. The Morgan fingerprint density at radius 3 is 2.50 bits per heavy atom. The minimum atomic E-state index is -0.372. The van der Waals surface area contributed by atoms with Crippen LogP contribution >= 0.6 is 0 Å². The molecule has 0 radical (unpaired) electrons. The van der Waals surface area contributed by atoms with E-state index in [0.29, 0.717) is 23.7 Å². The molecule has 1 heterocycles. The monoisotopic (exact) mass is 269 g/mol. The van der Waals surface area contributed by atoms with Crippen LogP contribution in [-0.4, -0.2) is 12.7 Å². The predicted octanol–water partition coefficient (Wildman–Crippen LogP) is 2.55. The van der Waals surface area contributed by atoms with Gasteiger partial charge in [0.05, 0.1) is 23.1 Å². The molecular formula is C15H15N3O2. The number of rotatable bonds is 2. The molecule has 0 saturated carbocycles. The van der Waals surface area contributed by atoms with E-state index in [1.807, 2.05) is 30.3 Å². The molecule has 1 aliphatic heterocycles. The number of hydrogen-bond donors (Lipinski definition) is 2. The highest BCUT2D eigenvalue weighted by Gasteiger charge is 2.35. The van der Waals surface area contributed by atoms with Gasteiger partial charge in [0.1, 0.15) is 6.61 Å². The van der Waals surface area contributed by atoms with Crippen molar-refractivity contribution in [3.8, 4) is 0 Å².